The van der Waals surface area contributed by atoms with Gasteiger partial charge in [-0.2, -0.15) is 4.98 Å². The molecule has 0 aliphatic carbocycles. The monoisotopic (exact) mass is 259 g/mol. The summed E-state index contributed by atoms with van der Waals surface area (Å²) >= 11 is 0. The van der Waals surface area contributed by atoms with Crippen molar-refractivity contribution < 1.29 is 9.63 Å². The summed E-state index contributed by atoms with van der Waals surface area (Å²) < 4.78 is 5.26. The summed E-state index contributed by atoms with van der Waals surface area (Å²) in [5, 5.41) is 13.7. The normalized spacial score (nSPS) is 18.3. The summed E-state index contributed by atoms with van der Waals surface area (Å²) in [5.74, 6) is 1.22. The Morgan fingerprint density at radius 2 is 2.11 bits per heavy atom. The van der Waals surface area contributed by atoms with Crippen molar-refractivity contribution in [1.29, 1.82) is 0 Å². The molecule has 1 aromatic heterocycles. The number of β-amino-alcohol motifs (C(OH)–C–C–N with tert-alkyl or cyclic N) is 1. The molecule has 0 unspecified atom stereocenters. The van der Waals surface area contributed by atoms with Crippen LogP contribution in [0.5, 0.6) is 0 Å². The van der Waals surface area contributed by atoms with E-state index in [0.717, 1.165) is 11.1 Å². The van der Waals surface area contributed by atoms with Crippen LogP contribution in [0.4, 0.5) is 0 Å². The van der Waals surface area contributed by atoms with Crippen LogP contribution in [-0.2, 0) is 6.54 Å². The molecule has 0 radical (unpaired) electrons. The molecular weight excluding hydrogens is 242 g/mol. The number of hydrogen-bond donors (Lipinski definition) is 1. The average Bonchev–Trinajstić information content (AvgIpc) is 2.75. The number of hydrogen-bond acceptors (Lipinski definition) is 5. The Kier molecular flexibility index (Phi) is 2.88. The van der Waals surface area contributed by atoms with Crippen molar-refractivity contribution in [3.63, 3.8) is 0 Å². The lowest BCUT2D eigenvalue weighted by Crippen LogP contribution is -2.59. The van der Waals surface area contributed by atoms with Crippen molar-refractivity contribution in [1.82, 2.24) is 15.0 Å². The van der Waals surface area contributed by atoms with Crippen LogP contribution in [-0.4, -0.2) is 38.8 Å². The number of aliphatic hydroxyl groups is 1. The van der Waals surface area contributed by atoms with E-state index in [1.807, 2.05) is 38.1 Å². The molecule has 0 saturated carbocycles. The third kappa shape index (κ3) is 2.52. The van der Waals surface area contributed by atoms with Crippen LogP contribution in [0.3, 0.4) is 0 Å². The van der Waals surface area contributed by atoms with Crippen LogP contribution in [0, 0.1) is 6.92 Å². The maximum absolute atomic E-state index is 9.67. The largest absolute Gasteiger partial charge is 0.388 e. The standard InChI is InChI=1S/C14H17N3O2/c1-10-5-3-4-6-11(10)13-15-12(19-16-13)7-17-8-14(2,18)9-17/h3-6,18H,7-9H2,1-2H3. The molecule has 5 nitrogen and oxygen atoms in total. The van der Waals surface area contributed by atoms with Crippen LogP contribution < -0.4 is 0 Å². The first-order valence-corrected chi connectivity index (χ1v) is 6.37. The Hall–Kier alpha value is -1.72. The van der Waals surface area contributed by atoms with Crippen molar-refractivity contribution in [2.75, 3.05) is 13.1 Å². The zero-order valence-electron chi connectivity index (χ0n) is 11.1. The molecule has 0 bridgehead atoms. The molecule has 1 aliphatic rings. The van der Waals surface area contributed by atoms with Crippen LogP contribution >= 0.6 is 0 Å². The molecule has 1 aromatic carbocycles. The van der Waals surface area contributed by atoms with Gasteiger partial charge in [0.1, 0.15) is 0 Å². The summed E-state index contributed by atoms with van der Waals surface area (Å²) in [6.07, 6.45) is 0. The van der Waals surface area contributed by atoms with Gasteiger partial charge in [-0.1, -0.05) is 29.4 Å². The molecule has 1 N–H and O–H groups in total. The van der Waals surface area contributed by atoms with E-state index in [1.165, 1.54) is 0 Å². The minimum absolute atomic E-state index is 0.571. The Balaban J connectivity index is 1.72. The summed E-state index contributed by atoms with van der Waals surface area (Å²) in [4.78, 5) is 6.49. The maximum Gasteiger partial charge on any atom is 0.241 e. The number of aromatic nitrogens is 2. The number of aryl methyl sites for hydroxylation is 1. The van der Waals surface area contributed by atoms with E-state index < -0.39 is 5.60 Å². The summed E-state index contributed by atoms with van der Waals surface area (Å²) in [7, 11) is 0. The van der Waals surface area contributed by atoms with Gasteiger partial charge in [-0.25, -0.2) is 0 Å². The second kappa shape index (κ2) is 4.43. The van der Waals surface area contributed by atoms with Gasteiger partial charge in [-0.05, 0) is 19.4 Å². The molecule has 1 aliphatic heterocycles. The summed E-state index contributed by atoms with van der Waals surface area (Å²) in [5.41, 5.74) is 1.55. The predicted molar refractivity (Wildman–Crippen MR) is 70.4 cm³/mol. The van der Waals surface area contributed by atoms with E-state index in [4.69, 9.17) is 4.52 Å². The molecule has 0 atom stereocenters. The summed E-state index contributed by atoms with van der Waals surface area (Å²) in [6, 6.07) is 7.96. The van der Waals surface area contributed by atoms with Crippen molar-refractivity contribution in [3.8, 4) is 11.4 Å². The predicted octanol–water partition coefficient (Wildman–Crippen LogP) is 1.61. The highest BCUT2D eigenvalue weighted by molar-refractivity contribution is 5.58. The molecular formula is C14H17N3O2. The Morgan fingerprint density at radius 3 is 2.79 bits per heavy atom. The maximum atomic E-state index is 9.67. The topological polar surface area (TPSA) is 62.4 Å². The summed E-state index contributed by atoms with van der Waals surface area (Å²) in [6.45, 7) is 5.74. The first-order chi connectivity index (χ1) is 9.03. The van der Waals surface area contributed by atoms with E-state index in [0.29, 0.717) is 31.3 Å². The zero-order valence-corrected chi connectivity index (χ0v) is 11.1. The van der Waals surface area contributed by atoms with E-state index in [2.05, 4.69) is 15.0 Å². The quantitative estimate of drug-likeness (QED) is 0.907. The zero-order chi connectivity index (χ0) is 13.5. The highest BCUT2D eigenvalue weighted by atomic mass is 16.5. The van der Waals surface area contributed by atoms with Gasteiger partial charge in [-0.3, -0.25) is 4.90 Å². The molecule has 2 heterocycles. The third-order valence-electron chi connectivity index (χ3n) is 3.34. The van der Waals surface area contributed by atoms with Crippen molar-refractivity contribution in [2.24, 2.45) is 0 Å². The highest BCUT2D eigenvalue weighted by Crippen LogP contribution is 2.23. The number of nitrogens with zero attached hydrogens (tertiary/aromatic N) is 3. The molecule has 5 heteroatoms. The lowest BCUT2D eigenvalue weighted by atomic mass is 9.97. The fourth-order valence-electron chi connectivity index (χ4n) is 2.47. The molecule has 2 aromatic rings. The van der Waals surface area contributed by atoms with Gasteiger partial charge in [0.2, 0.25) is 11.7 Å². The van der Waals surface area contributed by atoms with Crippen LogP contribution in [0.25, 0.3) is 11.4 Å². The molecule has 0 amide bonds. The Bertz CT molecular complexity index is 584. The van der Waals surface area contributed by atoms with Gasteiger partial charge in [0.05, 0.1) is 12.1 Å². The SMILES string of the molecule is Cc1ccccc1-c1noc(CN2CC(C)(O)C2)n1. The van der Waals surface area contributed by atoms with Crippen molar-refractivity contribution in [2.45, 2.75) is 26.0 Å². The van der Waals surface area contributed by atoms with Gasteiger partial charge >= 0.3 is 0 Å². The second-order valence-corrected chi connectivity index (χ2v) is 5.47. The lowest BCUT2D eigenvalue weighted by molar-refractivity contribution is -0.0901. The Labute approximate surface area is 111 Å². The smallest absolute Gasteiger partial charge is 0.241 e. The van der Waals surface area contributed by atoms with E-state index in [1.54, 1.807) is 0 Å². The molecule has 1 saturated heterocycles. The fraction of sp³-hybridized carbons (Fsp3) is 0.429. The molecule has 19 heavy (non-hydrogen) atoms. The number of benzene rings is 1. The van der Waals surface area contributed by atoms with Gasteiger partial charge in [-0.15, -0.1) is 0 Å². The lowest BCUT2D eigenvalue weighted by Gasteiger charge is -2.43. The van der Waals surface area contributed by atoms with Gasteiger partial charge in [0, 0.05) is 18.7 Å². The molecule has 1 fully saturated rings. The van der Waals surface area contributed by atoms with Crippen molar-refractivity contribution in [3.05, 3.63) is 35.7 Å². The molecule has 100 valence electrons. The first kappa shape index (κ1) is 12.3. The second-order valence-electron chi connectivity index (χ2n) is 5.47. The first-order valence-electron chi connectivity index (χ1n) is 6.37. The molecule has 0 spiro atoms. The van der Waals surface area contributed by atoms with Gasteiger partial charge in [0.25, 0.3) is 0 Å². The van der Waals surface area contributed by atoms with Crippen LogP contribution in [0.1, 0.15) is 18.4 Å². The van der Waals surface area contributed by atoms with Crippen LogP contribution in [0.15, 0.2) is 28.8 Å². The van der Waals surface area contributed by atoms with Crippen molar-refractivity contribution >= 4 is 0 Å². The minimum Gasteiger partial charge on any atom is -0.388 e. The van der Waals surface area contributed by atoms with E-state index >= 15 is 0 Å². The van der Waals surface area contributed by atoms with E-state index in [-0.39, 0.29) is 0 Å². The number of rotatable bonds is 3. The molecule has 3 rings (SSSR count). The number of likely N-dealkylation sites (tertiary alicyclic amines) is 1. The highest BCUT2D eigenvalue weighted by Gasteiger charge is 2.37. The van der Waals surface area contributed by atoms with Crippen LogP contribution in [0.2, 0.25) is 0 Å². The van der Waals surface area contributed by atoms with Gasteiger partial charge < -0.3 is 9.63 Å². The minimum atomic E-state index is -0.571. The fourth-order valence-corrected chi connectivity index (χ4v) is 2.47. The van der Waals surface area contributed by atoms with E-state index in [9.17, 15) is 5.11 Å². The van der Waals surface area contributed by atoms with Gasteiger partial charge in [0.15, 0.2) is 0 Å². The third-order valence-corrected chi connectivity index (χ3v) is 3.34. The average molecular weight is 259 g/mol. The Morgan fingerprint density at radius 1 is 1.37 bits per heavy atom.